The van der Waals surface area contributed by atoms with E-state index in [0.29, 0.717) is 5.92 Å². The molecule has 2 aromatic heterocycles. The summed E-state index contributed by atoms with van der Waals surface area (Å²) in [5, 5.41) is 2.59. The summed E-state index contributed by atoms with van der Waals surface area (Å²) in [5.74, 6) is 0.549. The number of fused-ring (bicyclic) bond motifs is 2. The lowest BCUT2D eigenvalue weighted by Gasteiger charge is -1.97. The molecular formula is C14H16N2. The highest BCUT2D eigenvalue weighted by Gasteiger charge is 2.06. The van der Waals surface area contributed by atoms with Crippen molar-refractivity contribution >= 4 is 21.8 Å². The van der Waals surface area contributed by atoms with E-state index in [1.807, 2.05) is 0 Å². The monoisotopic (exact) mass is 212 g/mol. The van der Waals surface area contributed by atoms with E-state index in [1.54, 1.807) is 0 Å². The van der Waals surface area contributed by atoms with Crippen molar-refractivity contribution in [1.29, 1.82) is 0 Å². The molecule has 2 heterocycles. The second-order valence-corrected chi connectivity index (χ2v) is 4.86. The molecule has 0 aliphatic rings. The zero-order chi connectivity index (χ0) is 11.3. The van der Waals surface area contributed by atoms with Crippen molar-refractivity contribution in [2.45, 2.75) is 26.7 Å². The normalized spacial score (nSPS) is 12.0. The number of H-pyrrole nitrogens is 2. The quantitative estimate of drug-likeness (QED) is 0.609. The molecule has 2 N–H and O–H groups in total. The molecule has 0 aliphatic carbocycles. The van der Waals surface area contributed by atoms with Gasteiger partial charge in [-0.25, -0.2) is 0 Å². The molecule has 0 aliphatic heterocycles. The van der Waals surface area contributed by atoms with Gasteiger partial charge >= 0.3 is 0 Å². The number of aryl methyl sites for hydroxylation is 1. The van der Waals surface area contributed by atoms with E-state index in [4.69, 9.17) is 0 Å². The van der Waals surface area contributed by atoms with Crippen LogP contribution in [0.2, 0.25) is 0 Å². The van der Waals surface area contributed by atoms with Crippen LogP contribution in [0.4, 0.5) is 0 Å². The zero-order valence-corrected chi connectivity index (χ0v) is 9.89. The maximum atomic E-state index is 3.48. The first-order valence-corrected chi connectivity index (χ1v) is 5.75. The van der Waals surface area contributed by atoms with Gasteiger partial charge in [-0.3, -0.25) is 0 Å². The maximum absolute atomic E-state index is 3.48. The maximum Gasteiger partial charge on any atom is 0.0477 e. The lowest BCUT2D eigenvalue weighted by atomic mass is 10.1. The zero-order valence-electron chi connectivity index (χ0n) is 9.89. The Kier molecular flexibility index (Phi) is 1.87. The molecule has 0 amide bonds. The summed E-state index contributed by atoms with van der Waals surface area (Å²) in [4.78, 5) is 6.85. The van der Waals surface area contributed by atoms with E-state index in [0.717, 1.165) is 0 Å². The molecule has 0 fully saturated rings. The lowest BCUT2D eigenvalue weighted by molar-refractivity contribution is 0.836. The highest BCUT2D eigenvalue weighted by Crippen LogP contribution is 2.26. The molecule has 16 heavy (non-hydrogen) atoms. The van der Waals surface area contributed by atoms with Crippen molar-refractivity contribution in [3.05, 3.63) is 35.7 Å². The largest absolute Gasteiger partial charge is 0.359 e. The van der Waals surface area contributed by atoms with Gasteiger partial charge in [-0.2, -0.15) is 0 Å². The average Bonchev–Trinajstić information content (AvgIpc) is 2.74. The molecule has 0 saturated heterocycles. The van der Waals surface area contributed by atoms with E-state index >= 15 is 0 Å². The molecule has 0 radical (unpaired) electrons. The Balaban J connectivity index is 2.31. The molecule has 2 heteroatoms. The third kappa shape index (κ3) is 1.33. The average molecular weight is 212 g/mol. The van der Waals surface area contributed by atoms with Crippen LogP contribution in [-0.4, -0.2) is 9.97 Å². The third-order valence-corrected chi connectivity index (χ3v) is 3.14. The number of benzene rings is 1. The predicted molar refractivity (Wildman–Crippen MR) is 69.0 cm³/mol. The van der Waals surface area contributed by atoms with Crippen LogP contribution in [0.1, 0.15) is 31.2 Å². The van der Waals surface area contributed by atoms with Crippen LogP contribution in [0.25, 0.3) is 21.8 Å². The van der Waals surface area contributed by atoms with Crippen LogP contribution >= 0.6 is 0 Å². The molecule has 3 rings (SSSR count). The van der Waals surface area contributed by atoms with E-state index in [-0.39, 0.29) is 0 Å². The van der Waals surface area contributed by atoms with Gasteiger partial charge in [0.2, 0.25) is 0 Å². The Labute approximate surface area is 94.7 Å². The first-order chi connectivity index (χ1) is 7.63. The van der Waals surface area contributed by atoms with Gasteiger partial charge in [-0.1, -0.05) is 13.8 Å². The van der Waals surface area contributed by atoms with Gasteiger partial charge in [0.05, 0.1) is 0 Å². The fourth-order valence-corrected chi connectivity index (χ4v) is 2.24. The van der Waals surface area contributed by atoms with Gasteiger partial charge in [0.25, 0.3) is 0 Å². The molecule has 3 aromatic rings. The first-order valence-electron chi connectivity index (χ1n) is 5.75. The van der Waals surface area contributed by atoms with Crippen LogP contribution in [-0.2, 0) is 0 Å². The Hall–Kier alpha value is -1.70. The van der Waals surface area contributed by atoms with Crippen LogP contribution in [0.3, 0.4) is 0 Å². The molecule has 0 saturated carbocycles. The van der Waals surface area contributed by atoms with E-state index in [9.17, 15) is 0 Å². The number of aromatic nitrogens is 2. The minimum atomic E-state index is 0.549. The van der Waals surface area contributed by atoms with Crippen LogP contribution in [0.15, 0.2) is 24.3 Å². The fourth-order valence-electron chi connectivity index (χ4n) is 2.24. The topological polar surface area (TPSA) is 31.6 Å². The van der Waals surface area contributed by atoms with Crippen molar-refractivity contribution in [2.24, 2.45) is 0 Å². The summed E-state index contributed by atoms with van der Waals surface area (Å²) in [7, 11) is 0. The smallest absolute Gasteiger partial charge is 0.0477 e. The summed E-state index contributed by atoms with van der Waals surface area (Å²) >= 11 is 0. The van der Waals surface area contributed by atoms with Gasteiger partial charge in [-0.15, -0.1) is 0 Å². The molecule has 0 spiro atoms. The van der Waals surface area contributed by atoms with Gasteiger partial charge < -0.3 is 9.97 Å². The number of hydrogen-bond donors (Lipinski definition) is 2. The molecule has 0 bridgehead atoms. The summed E-state index contributed by atoms with van der Waals surface area (Å²) in [6.45, 7) is 6.51. The predicted octanol–water partition coefficient (Wildman–Crippen LogP) is 4.08. The molecular weight excluding hydrogens is 196 g/mol. The first kappa shape index (κ1) is 9.52. The lowest BCUT2D eigenvalue weighted by Crippen LogP contribution is -1.84. The molecule has 1 aromatic carbocycles. The number of aromatic amines is 2. The Bertz CT molecular complexity index is 605. The van der Waals surface area contributed by atoms with Gasteiger partial charge in [-0.05, 0) is 37.1 Å². The Morgan fingerprint density at radius 1 is 0.875 bits per heavy atom. The molecule has 2 nitrogen and oxygen atoms in total. The van der Waals surface area contributed by atoms with E-state index < -0.39 is 0 Å². The highest BCUT2D eigenvalue weighted by atomic mass is 14.7. The van der Waals surface area contributed by atoms with Gasteiger partial charge in [0, 0.05) is 33.2 Å². The second kappa shape index (κ2) is 3.14. The van der Waals surface area contributed by atoms with Crippen LogP contribution in [0, 0.1) is 6.92 Å². The van der Waals surface area contributed by atoms with E-state index in [2.05, 4.69) is 55.0 Å². The van der Waals surface area contributed by atoms with Crippen molar-refractivity contribution in [3.8, 4) is 0 Å². The van der Waals surface area contributed by atoms with Crippen LogP contribution < -0.4 is 0 Å². The van der Waals surface area contributed by atoms with Gasteiger partial charge in [0.1, 0.15) is 0 Å². The number of nitrogens with one attached hydrogen (secondary N) is 2. The summed E-state index contributed by atoms with van der Waals surface area (Å²) < 4.78 is 0. The van der Waals surface area contributed by atoms with Gasteiger partial charge in [0.15, 0.2) is 0 Å². The number of hydrogen-bond acceptors (Lipinski definition) is 0. The summed E-state index contributed by atoms with van der Waals surface area (Å²) in [6.07, 6.45) is 0. The Morgan fingerprint density at radius 3 is 2.31 bits per heavy atom. The van der Waals surface area contributed by atoms with E-state index in [1.165, 1.54) is 33.2 Å². The highest BCUT2D eigenvalue weighted by molar-refractivity contribution is 5.96. The van der Waals surface area contributed by atoms with Crippen molar-refractivity contribution in [3.63, 3.8) is 0 Å². The standard InChI is InChI=1S/C14H16N2/c1-8(2)12-6-11-5-10-4-9(3)15-13(10)7-14(11)16-12/h4-8,15-16H,1-3H3. The summed E-state index contributed by atoms with van der Waals surface area (Å²) in [5.41, 5.74) is 4.95. The minimum Gasteiger partial charge on any atom is -0.359 e. The third-order valence-electron chi connectivity index (χ3n) is 3.14. The second-order valence-electron chi connectivity index (χ2n) is 4.86. The van der Waals surface area contributed by atoms with Crippen molar-refractivity contribution in [2.75, 3.05) is 0 Å². The molecule has 0 unspecified atom stereocenters. The molecule has 0 atom stereocenters. The molecule has 82 valence electrons. The SMILES string of the molecule is Cc1cc2cc3cc(C(C)C)[nH]c3cc2[nH]1. The summed E-state index contributed by atoms with van der Waals surface area (Å²) in [6, 6.07) is 8.89. The fraction of sp³-hybridized carbons (Fsp3) is 0.286. The minimum absolute atomic E-state index is 0.549. The van der Waals surface area contributed by atoms with Crippen molar-refractivity contribution in [1.82, 2.24) is 9.97 Å². The number of rotatable bonds is 1. The van der Waals surface area contributed by atoms with Crippen LogP contribution in [0.5, 0.6) is 0 Å². The Morgan fingerprint density at radius 2 is 1.56 bits per heavy atom. The van der Waals surface area contributed by atoms with Crippen molar-refractivity contribution < 1.29 is 0 Å².